The van der Waals surface area contributed by atoms with Gasteiger partial charge in [-0.3, -0.25) is 24.1 Å². The Bertz CT molecular complexity index is 1910. The average Bonchev–Trinajstić information content (AvgIpc) is 3.46. The van der Waals surface area contributed by atoms with Crippen LogP contribution in [0.3, 0.4) is 0 Å². The third-order valence-electron chi connectivity index (χ3n) is 11.1. The maximum atomic E-state index is 14.5. The van der Waals surface area contributed by atoms with Gasteiger partial charge in [-0.1, -0.05) is 35.4 Å². The van der Waals surface area contributed by atoms with Crippen molar-refractivity contribution in [1.82, 2.24) is 0 Å². The number of amides is 4. The summed E-state index contributed by atoms with van der Waals surface area (Å²) in [5.41, 5.74) is 1.79. The first-order valence-corrected chi connectivity index (χ1v) is 16.6. The molecule has 0 radical (unpaired) electrons. The van der Waals surface area contributed by atoms with Gasteiger partial charge in [0.2, 0.25) is 23.6 Å². The number of carbonyl (C=O) groups is 4. The van der Waals surface area contributed by atoms with Crippen LogP contribution in [-0.4, -0.2) is 55.0 Å². The molecule has 8 rings (SSSR count). The van der Waals surface area contributed by atoms with E-state index in [-0.39, 0.29) is 34.7 Å². The zero-order valence-electron chi connectivity index (χ0n) is 26.1. The van der Waals surface area contributed by atoms with Crippen molar-refractivity contribution in [2.24, 2.45) is 29.1 Å². The van der Waals surface area contributed by atoms with Crippen molar-refractivity contribution in [3.05, 3.63) is 94.8 Å². The zero-order chi connectivity index (χ0) is 33.5. The number of benzene rings is 3. The fraction of sp³-hybridized carbons (Fsp3) is 0.351. The van der Waals surface area contributed by atoms with Crippen LogP contribution in [0, 0.1) is 34.9 Å². The van der Waals surface area contributed by atoms with Crippen molar-refractivity contribution >= 4 is 52.3 Å². The lowest BCUT2D eigenvalue weighted by atomic mass is 9.51. The highest BCUT2D eigenvalue weighted by atomic mass is 35.5. The molecule has 0 bridgehead atoms. The Hall–Kier alpha value is -4.54. The molecule has 246 valence electrons. The van der Waals surface area contributed by atoms with Gasteiger partial charge in [0.1, 0.15) is 11.6 Å². The maximum absolute atomic E-state index is 14.5. The lowest BCUT2D eigenvalue weighted by molar-refractivity contribution is -0.131. The number of imide groups is 2. The first-order chi connectivity index (χ1) is 23.1. The van der Waals surface area contributed by atoms with Gasteiger partial charge in [0, 0.05) is 24.7 Å². The lowest BCUT2D eigenvalue weighted by Crippen LogP contribution is -2.48. The van der Waals surface area contributed by atoms with Crippen LogP contribution in [0.5, 0.6) is 5.75 Å². The Morgan fingerprint density at radius 1 is 0.854 bits per heavy atom. The summed E-state index contributed by atoms with van der Waals surface area (Å²) in [4.78, 5) is 61.6. The Morgan fingerprint density at radius 2 is 1.56 bits per heavy atom. The van der Waals surface area contributed by atoms with Gasteiger partial charge in [0.15, 0.2) is 0 Å². The van der Waals surface area contributed by atoms with Crippen LogP contribution in [0.25, 0.3) is 0 Å². The highest BCUT2D eigenvalue weighted by molar-refractivity contribution is 6.32. The summed E-state index contributed by atoms with van der Waals surface area (Å²) in [6, 6.07) is 17.8. The standard InChI is InChI=1S/C37H33ClFN3O6/c1-37-28(34(45)42(36(37)47)23-9-12-30(39)29(38)18-23)19-27-25(32(37)20-3-2-4-24(43)17-20)10-11-26-31(27)35(46)41(33(26)44)22-7-5-21(6-8-22)40-13-15-48-16-14-40/h2-10,12,17-18,26-28,31-32,43H,11,13-16,19H2,1H3. The van der Waals surface area contributed by atoms with Crippen LogP contribution in [0.15, 0.2) is 78.4 Å². The van der Waals surface area contributed by atoms with Crippen LogP contribution in [0.1, 0.15) is 31.2 Å². The van der Waals surface area contributed by atoms with Crippen LogP contribution in [-0.2, 0) is 23.9 Å². The molecule has 2 aliphatic carbocycles. The number of fused-ring (bicyclic) bond motifs is 4. The van der Waals surface area contributed by atoms with E-state index in [1.165, 1.54) is 23.1 Å². The minimum absolute atomic E-state index is 0.00169. The SMILES string of the molecule is CC12C(=O)N(c3ccc(F)c(Cl)c3)C(=O)C1CC1C(=CCC3C(=O)N(c4ccc(N5CCOCC5)cc4)C(=O)C31)C2c1cccc(O)c1. The van der Waals surface area contributed by atoms with Gasteiger partial charge in [-0.05, 0) is 85.8 Å². The van der Waals surface area contributed by atoms with E-state index in [9.17, 15) is 28.7 Å². The number of allylic oxidation sites excluding steroid dienone is 2. The number of hydrogen-bond acceptors (Lipinski definition) is 7. The number of ether oxygens (including phenoxy) is 1. The molecule has 0 aromatic heterocycles. The van der Waals surface area contributed by atoms with Gasteiger partial charge in [-0.25, -0.2) is 9.29 Å². The van der Waals surface area contributed by atoms with E-state index in [4.69, 9.17) is 16.3 Å². The summed E-state index contributed by atoms with van der Waals surface area (Å²) >= 11 is 6.08. The number of carbonyl (C=O) groups excluding carboxylic acids is 4. The van der Waals surface area contributed by atoms with Crippen molar-refractivity contribution in [1.29, 1.82) is 0 Å². The third-order valence-corrected chi connectivity index (χ3v) is 11.4. The van der Waals surface area contributed by atoms with Gasteiger partial charge in [0.05, 0.1) is 52.8 Å². The second kappa shape index (κ2) is 11.3. The van der Waals surface area contributed by atoms with Crippen molar-refractivity contribution in [3.8, 4) is 5.75 Å². The number of phenolic OH excluding ortho intramolecular Hbond substituents is 1. The minimum Gasteiger partial charge on any atom is -0.508 e. The normalized spacial score (nSPS) is 29.9. The summed E-state index contributed by atoms with van der Waals surface area (Å²) in [6.07, 6.45) is 2.45. The van der Waals surface area contributed by atoms with E-state index in [1.54, 1.807) is 37.3 Å². The lowest BCUT2D eigenvalue weighted by Gasteiger charge is -2.49. The largest absolute Gasteiger partial charge is 0.508 e. The number of nitrogens with zero attached hydrogens (tertiary/aromatic N) is 3. The van der Waals surface area contributed by atoms with Crippen molar-refractivity contribution in [2.45, 2.75) is 25.7 Å². The summed E-state index contributed by atoms with van der Waals surface area (Å²) in [5.74, 6) is -5.57. The second-order valence-electron chi connectivity index (χ2n) is 13.5. The number of phenols is 1. The van der Waals surface area contributed by atoms with Gasteiger partial charge >= 0.3 is 0 Å². The summed E-state index contributed by atoms with van der Waals surface area (Å²) in [5, 5.41) is 10.3. The monoisotopic (exact) mass is 669 g/mol. The molecule has 4 fully saturated rings. The molecule has 0 spiro atoms. The Balaban J connectivity index is 1.18. The van der Waals surface area contributed by atoms with Crippen LogP contribution in [0.4, 0.5) is 21.5 Å². The second-order valence-corrected chi connectivity index (χ2v) is 13.9. The molecule has 11 heteroatoms. The van der Waals surface area contributed by atoms with Gasteiger partial charge in [-0.15, -0.1) is 0 Å². The molecule has 3 saturated heterocycles. The Labute approximate surface area is 281 Å². The Morgan fingerprint density at radius 3 is 2.27 bits per heavy atom. The molecule has 4 amide bonds. The average molecular weight is 670 g/mol. The van der Waals surface area contributed by atoms with E-state index >= 15 is 0 Å². The first kappa shape index (κ1) is 30.8. The number of morpholine rings is 1. The molecule has 9 nitrogen and oxygen atoms in total. The molecule has 5 aliphatic rings. The van der Waals surface area contributed by atoms with Crippen molar-refractivity contribution in [3.63, 3.8) is 0 Å². The number of anilines is 3. The number of rotatable bonds is 4. The predicted molar refractivity (Wildman–Crippen MR) is 176 cm³/mol. The topological polar surface area (TPSA) is 107 Å². The molecule has 1 N–H and O–H groups in total. The smallest absolute Gasteiger partial charge is 0.241 e. The van der Waals surface area contributed by atoms with Crippen molar-refractivity contribution < 1.29 is 33.4 Å². The van der Waals surface area contributed by atoms with Crippen LogP contribution >= 0.6 is 11.6 Å². The van der Waals surface area contributed by atoms with Crippen molar-refractivity contribution in [2.75, 3.05) is 41.0 Å². The third kappa shape index (κ3) is 4.45. The van der Waals surface area contributed by atoms with Gasteiger partial charge in [-0.2, -0.15) is 0 Å². The highest BCUT2D eigenvalue weighted by Gasteiger charge is 2.67. The molecule has 6 atom stereocenters. The van der Waals surface area contributed by atoms with E-state index in [0.29, 0.717) is 30.9 Å². The first-order valence-electron chi connectivity index (χ1n) is 16.2. The molecule has 48 heavy (non-hydrogen) atoms. The fourth-order valence-electron chi connectivity index (χ4n) is 8.86. The predicted octanol–water partition coefficient (Wildman–Crippen LogP) is 5.46. The van der Waals surface area contributed by atoms with Crippen LogP contribution in [0.2, 0.25) is 5.02 Å². The van der Waals surface area contributed by atoms with Gasteiger partial charge in [0.25, 0.3) is 0 Å². The summed E-state index contributed by atoms with van der Waals surface area (Å²) < 4.78 is 19.6. The molecule has 3 aromatic rings. The zero-order valence-corrected chi connectivity index (χ0v) is 26.9. The number of hydrogen-bond donors (Lipinski definition) is 1. The summed E-state index contributed by atoms with van der Waals surface area (Å²) in [6.45, 7) is 4.55. The Kier molecular flexibility index (Phi) is 7.23. The van der Waals surface area contributed by atoms with Crippen LogP contribution < -0.4 is 14.7 Å². The molecular weight excluding hydrogens is 637 g/mol. The van der Waals surface area contributed by atoms with E-state index in [1.807, 2.05) is 18.2 Å². The molecule has 3 aliphatic heterocycles. The molecule has 3 aromatic carbocycles. The molecule has 6 unspecified atom stereocenters. The maximum Gasteiger partial charge on any atom is 0.241 e. The van der Waals surface area contributed by atoms with E-state index < -0.39 is 52.6 Å². The molecule has 3 heterocycles. The number of aromatic hydroxyl groups is 1. The fourth-order valence-corrected chi connectivity index (χ4v) is 9.03. The van der Waals surface area contributed by atoms with E-state index in [2.05, 4.69) is 4.90 Å². The minimum atomic E-state index is -1.29. The van der Waals surface area contributed by atoms with E-state index in [0.717, 1.165) is 35.3 Å². The quantitative estimate of drug-likeness (QED) is 0.291. The van der Waals surface area contributed by atoms with Gasteiger partial charge < -0.3 is 14.7 Å². The number of halogens is 2. The molecule has 1 saturated carbocycles. The summed E-state index contributed by atoms with van der Waals surface area (Å²) in [7, 11) is 0. The molecular formula is C37H33ClFN3O6. The highest BCUT2D eigenvalue weighted by Crippen LogP contribution is 2.64.